The average Bonchev–Trinajstić information content (AvgIpc) is 2.16. The van der Waals surface area contributed by atoms with E-state index in [0.717, 1.165) is 0 Å². The Kier molecular flexibility index (Phi) is 3.80. The minimum Gasteiger partial charge on any atom is -0.369 e. The van der Waals surface area contributed by atoms with Crippen LogP contribution in [0.15, 0.2) is 29.2 Å². The largest absolute Gasteiger partial charge is 0.369 e. The first kappa shape index (κ1) is 12.1. The van der Waals surface area contributed by atoms with Gasteiger partial charge in [-0.1, -0.05) is 32.0 Å². The molecule has 0 aliphatic carbocycles. The molecule has 0 spiro atoms. The van der Waals surface area contributed by atoms with E-state index in [4.69, 9.17) is 5.73 Å². The topological polar surface area (TPSA) is 43.1 Å². The maximum Gasteiger partial charge on any atom is 0.223 e. The van der Waals surface area contributed by atoms with Gasteiger partial charge in [0.05, 0.1) is 5.41 Å². The molecule has 2 nitrogen and oxygen atoms in total. The van der Waals surface area contributed by atoms with Gasteiger partial charge in [-0.3, -0.25) is 4.79 Å². The van der Waals surface area contributed by atoms with E-state index in [9.17, 15) is 4.79 Å². The van der Waals surface area contributed by atoms with Crippen molar-refractivity contribution in [2.24, 2.45) is 11.1 Å². The second-order valence-electron chi connectivity index (χ2n) is 4.30. The fourth-order valence-electron chi connectivity index (χ4n) is 1.05. The molecule has 0 atom stereocenters. The molecule has 0 aliphatic heterocycles. The normalized spacial score (nSPS) is 11.4. The number of primary amides is 1. The second-order valence-corrected chi connectivity index (χ2v) is 5.32. The minimum atomic E-state index is -0.451. The number of hydrogen-bond donors (Lipinski definition) is 1. The van der Waals surface area contributed by atoms with Crippen molar-refractivity contribution in [3.63, 3.8) is 0 Å². The third-order valence-corrected chi connectivity index (χ3v) is 3.98. The van der Waals surface area contributed by atoms with Gasteiger partial charge in [-0.15, -0.1) is 11.8 Å². The van der Waals surface area contributed by atoms with Gasteiger partial charge in [-0.2, -0.15) is 0 Å². The Morgan fingerprint density at radius 1 is 1.40 bits per heavy atom. The van der Waals surface area contributed by atoms with E-state index in [2.05, 4.69) is 19.1 Å². The molecule has 0 saturated heterocycles. The Hall–Kier alpha value is -0.960. The Morgan fingerprint density at radius 2 is 2.00 bits per heavy atom. The van der Waals surface area contributed by atoms with Gasteiger partial charge in [-0.05, 0) is 18.6 Å². The van der Waals surface area contributed by atoms with Crippen LogP contribution in [0.1, 0.15) is 19.4 Å². The first-order chi connectivity index (χ1) is 6.93. The van der Waals surface area contributed by atoms with Crippen molar-refractivity contribution in [1.82, 2.24) is 0 Å². The van der Waals surface area contributed by atoms with Gasteiger partial charge in [0, 0.05) is 10.6 Å². The van der Waals surface area contributed by atoms with E-state index in [1.54, 1.807) is 11.8 Å². The molecule has 3 heteroatoms. The molecule has 15 heavy (non-hydrogen) atoms. The second kappa shape index (κ2) is 4.71. The number of nitrogens with two attached hydrogens (primary N) is 1. The summed E-state index contributed by atoms with van der Waals surface area (Å²) < 4.78 is 0. The van der Waals surface area contributed by atoms with Crippen LogP contribution in [0.3, 0.4) is 0 Å². The highest BCUT2D eigenvalue weighted by molar-refractivity contribution is 7.99. The van der Waals surface area contributed by atoms with E-state index in [0.29, 0.717) is 5.75 Å². The summed E-state index contributed by atoms with van der Waals surface area (Å²) in [4.78, 5) is 12.4. The fourth-order valence-corrected chi connectivity index (χ4v) is 2.18. The van der Waals surface area contributed by atoms with E-state index >= 15 is 0 Å². The molecule has 1 amide bonds. The van der Waals surface area contributed by atoms with Gasteiger partial charge in [0.1, 0.15) is 0 Å². The third kappa shape index (κ3) is 3.27. The van der Waals surface area contributed by atoms with Gasteiger partial charge >= 0.3 is 0 Å². The molecule has 0 saturated carbocycles. The van der Waals surface area contributed by atoms with Crippen LogP contribution in [0.5, 0.6) is 0 Å². The highest BCUT2D eigenvalue weighted by Crippen LogP contribution is 2.29. The maximum atomic E-state index is 11.1. The molecule has 82 valence electrons. The quantitative estimate of drug-likeness (QED) is 0.797. The predicted molar refractivity (Wildman–Crippen MR) is 64.9 cm³/mol. The van der Waals surface area contributed by atoms with Gasteiger partial charge in [-0.25, -0.2) is 0 Å². The number of carbonyl (C=O) groups excluding carboxylic acids is 1. The van der Waals surface area contributed by atoms with Crippen LogP contribution in [0, 0.1) is 12.3 Å². The van der Waals surface area contributed by atoms with E-state index in [1.165, 1.54) is 10.5 Å². The van der Waals surface area contributed by atoms with Crippen LogP contribution in [-0.4, -0.2) is 11.7 Å². The molecule has 2 N–H and O–H groups in total. The monoisotopic (exact) mass is 223 g/mol. The summed E-state index contributed by atoms with van der Waals surface area (Å²) in [6.07, 6.45) is 0. The number of hydrogen-bond acceptors (Lipinski definition) is 2. The Bertz CT molecular complexity index is 360. The lowest BCUT2D eigenvalue weighted by atomic mass is 9.96. The lowest BCUT2D eigenvalue weighted by molar-refractivity contribution is -0.124. The van der Waals surface area contributed by atoms with E-state index in [-0.39, 0.29) is 5.91 Å². The number of benzene rings is 1. The number of thioether (sulfide) groups is 1. The minimum absolute atomic E-state index is 0.247. The standard InChI is InChI=1S/C12H17NOS/c1-9-6-4-5-7-10(9)15-8-12(2,3)11(13)14/h4-7H,8H2,1-3H3,(H2,13,14). The van der Waals surface area contributed by atoms with Crippen molar-refractivity contribution in [2.45, 2.75) is 25.7 Å². The molecule has 0 aromatic heterocycles. The number of amides is 1. The summed E-state index contributed by atoms with van der Waals surface area (Å²) in [5.74, 6) is 0.469. The molecule has 0 aliphatic rings. The van der Waals surface area contributed by atoms with Crippen LogP contribution < -0.4 is 5.73 Å². The molecular weight excluding hydrogens is 206 g/mol. The summed E-state index contributed by atoms with van der Waals surface area (Å²) in [5.41, 5.74) is 6.11. The average molecular weight is 223 g/mol. The van der Waals surface area contributed by atoms with Crippen LogP contribution in [0.4, 0.5) is 0 Å². The van der Waals surface area contributed by atoms with Crippen molar-refractivity contribution in [2.75, 3.05) is 5.75 Å². The smallest absolute Gasteiger partial charge is 0.223 e. The molecule has 0 bridgehead atoms. The third-order valence-electron chi connectivity index (χ3n) is 2.35. The Balaban J connectivity index is 2.66. The van der Waals surface area contributed by atoms with Crippen LogP contribution in [0.2, 0.25) is 0 Å². The van der Waals surface area contributed by atoms with E-state index in [1.807, 2.05) is 26.0 Å². The summed E-state index contributed by atoms with van der Waals surface area (Å²) >= 11 is 1.68. The van der Waals surface area contributed by atoms with Crippen molar-refractivity contribution < 1.29 is 4.79 Å². The van der Waals surface area contributed by atoms with Crippen LogP contribution >= 0.6 is 11.8 Å². The van der Waals surface area contributed by atoms with Gasteiger partial charge < -0.3 is 5.73 Å². The number of carbonyl (C=O) groups is 1. The number of rotatable bonds is 4. The fraction of sp³-hybridized carbons (Fsp3) is 0.417. The number of aryl methyl sites for hydroxylation is 1. The lowest BCUT2D eigenvalue weighted by Gasteiger charge is -2.19. The van der Waals surface area contributed by atoms with Gasteiger partial charge in [0.25, 0.3) is 0 Å². The Morgan fingerprint density at radius 3 is 2.53 bits per heavy atom. The molecule has 1 aromatic rings. The Labute approximate surface area is 95.2 Å². The zero-order chi connectivity index (χ0) is 11.5. The van der Waals surface area contributed by atoms with Crippen LogP contribution in [-0.2, 0) is 4.79 Å². The van der Waals surface area contributed by atoms with E-state index < -0.39 is 5.41 Å². The molecule has 1 rings (SSSR count). The highest BCUT2D eigenvalue weighted by atomic mass is 32.2. The van der Waals surface area contributed by atoms with Crippen molar-refractivity contribution in [3.05, 3.63) is 29.8 Å². The predicted octanol–water partition coefficient (Wildman–Crippen LogP) is 2.60. The maximum absolute atomic E-state index is 11.1. The molecule has 0 fully saturated rings. The summed E-state index contributed by atoms with van der Waals surface area (Å²) in [5, 5.41) is 0. The molecular formula is C12H17NOS. The van der Waals surface area contributed by atoms with Crippen LogP contribution in [0.25, 0.3) is 0 Å². The van der Waals surface area contributed by atoms with Crippen molar-refractivity contribution in [1.29, 1.82) is 0 Å². The molecule has 0 radical (unpaired) electrons. The van der Waals surface area contributed by atoms with Gasteiger partial charge in [0.15, 0.2) is 0 Å². The SMILES string of the molecule is Cc1ccccc1SCC(C)(C)C(N)=O. The summed E-state index contributed by atoms with van der Waals surface area (Å²) in [6.45, 7) is 5.82. The van der Waals surface area contributed by atoms with Crippen molar-refractivity contribution >= 4 is 17.7 Å². The molecule has 1 aromatic carbocycles. The first-order valence-corrected chi connectivity index (χ1v) is 5.90. The molecule has 0 unspecified atom stereocenters. The zero-order valence-corrected chi connectivity index (χ0v) is 10.2. The first-order valence-electron chi connectivity index (χ1n) is 4.92. The summed E-state index contributed by atoms with van der Waals surface area (Å²) in [6, 6.07) is 8.15. The summed E-state index contributed by atoms with van der Waals surface area (Å²) in [7, 11) is 0. The van der Waals surface area contributed by atoms with Gasteiger partial charge in [0.2, 0.25) is 5.91 Å². The highest BCUT2D eigenvalue weighted by Gasteiger charge is 2.24. The molecule has 0 heterocycles. The lowest BCUT2D eigenvalue weighted by Crippen LogP contribution is -2.33. The van der Waals surface area contributed by atoms with Crippen molar-refractivity contribution in [3.8, 4) is 0 Å². The zero-order valence-electron chi connectivity index (χ0n) is 9.41.